The minimum Gasteiger partial charge on any atom is -0.384 e. The number of aromatic nitrogens is 1. The van der Waals surface area contributed by atoms with E-state index < -0.39 is 0 Å². The standard InChI is InChI=1S/C13H17N3OS/c1-9(2)16-13(17)5-6-14-10-3-4-11-12(7-10)18-8-15-11/h3-4,7-9,14H,5-6H2,1-2H3,(H,16,17). The van der Waals surface area contributed by atoms with Gasteiger partial charge in [0.25, 0.3) is 0 Å². The fraction of sp³-hybridized carbons (Fsp3) is 0.385. The van der Waals surface area contributed by atoms with E-state index in [0.717, 1.165) is 15.9 Å². The predicted molar refractivity (Wildman–Crippen MR) is 76.0 cm³/mol. The van der Waals surface area contributed by atoms with Gasteiger partial charge in [-0.1, -0.05) is 0 Å². The minimum atomic E-state index is 0.0800. The Morgan fingerprint density at radius 1 is 1.44 bits per heavy atom. The van der Waals surface area contributed by atoms with E-state index in [1.807, 2.05) is 31.5 Å². The van der Waals surface area contributed by atoms with Gasteiger partial charge in [0.05, 0.1) is 15.7 Å². The average molecular weight is 263 g/mol. The number of carbonyl (C=O) groups excluding carboxylic acids is 1. The summed E-state index contributed by atoms with van der Waals surface area (Å²) in [4.78, 5) is 15.7. The summed E-state index contributed by atoms with van der Waals surface area (Å²) in [5.41, 5.74) is 3.89. The van der Waals surface area contributed by atoms with Gasteiger partial charge in [0.1, 0.15) is 0 Å². The van der Waals surface area contributed by atoms with Crippen LogP contribution >= 0.6 is 11.3 Å². The third-order valence-electron chi connectivity index (χ3n) is 2.46. The van der Waals surface area contributed by atoms with Crippen molar-refractivity contribution in [2.24, 2.45) is 0 Å². The highest BCUT2D eigenvalue weighted by Gasteiger charge is 2.03. The summed E-state index contributed by atoms with van der Waals surface area (Å²) < 4.78 is 1.16. The Hall–Kier alpha value is -1.62. The minimum absolute atomic E-state index is 0.0800. The molecule has 4 nitrogen and oxygen atoms in total. The molecule has 0 saturated heterocycles. The molecule has 1 amide bonds. The third kappa shape index (κ3) is 3.43. The molecule has 0 bridgehead atoms. The SMILES string of the molecule is CC(C)NC(=O)CCNc1ccc2ncsc2c1. The molecule has 0 atom stereocenters. The lowest BCUT2D eigenvalue weighted by Gasteiger charge is -2.09. The summed E-state index contributed by atoms with van der Waals surface area (Å²) in [6, 6.07) is 6.24. The molecule has 0 aliphatic rings. The van der Waals surface area contributed by atoms with Crippen LogP contribution in [0, 0.1) is 0 Å². The van der Waals surface area contributed by atoms with E-state index in [9.17, 15) is 4.79 Å². The number of nitrogens with one attached hydrogen (secondary N) is 2. The monoisotopic (exact) mass is 263 g/mol. The first kappa shape index (κ1) is 12.8. The van der Waals surface area contributed by atoms with Crippen molar-refractivity contribution >= 4 is 33.1 Å². The average Bonchev–Trinajstić information content (AvgIpc) is 2.75. The lowest BCUT2D eigenvalue weighted by Crippen LogP contribution is -2.31. The molecule has 96 valence electrons. The molecule has 2 aromatic rings. The summed E-state index contributed by atoms with van der Waals surface area (Å²) >= 11 is 1.62. The number of anilines is 1. The van der Waals surface area contributed by atoms with Gasteiger partial charge in [0.15, 0.2) is 0 Å². The van der Waals surface area contributed by atoms with Gasteiger partial charge in [0.2, 0.25) is 5.91 Å². The molecule has 0 aliphatic carbocycles. The van der Waals surface area contributed by atoms with E-state index in [1.54, 1.807) is 11.3 Å². The van der Waals surface area contributed by atoms with Crippen molar-refractivity contribution in [2.75, 3.05) is 11.9 Å². The van der Waals surface area contributed by atoms with Gasteiger partial charge in [-0.15, -0.1) is 11.3 Å². The van der Waals surface area contributed by atoms with Crippen molar-refractivity contribution in [1.82, 2.24) is 10.3 Å². The highest BCUT2D eigenvalue weighted by Crippen LogP contribution is 2.21. The van der Waals surface area contributed by atoms with Crippen LogP contribution in [-0.2, 0) is 4.79 Å². The summed E-state index contributed by atoms with van der Waals surface area (Å²) in [7, 11) is 0. The largest absolute Gasteiger partial charge is 0.384 e. The Morgan fingerprint density at radius 2 is 2.28 bits per heavy atom. The molecule has 1 heterocycles. The first-order chi connectivity index (χ1) is 8.65. The Labute approximate surface area is 110 Å². The second-order valence-electron chi connectivity index (χ2n) is 4.43. The van der Waals surface area contributed by atoms with Crippen molar-refractivity contribution in [3.63, 3.8) is 0 Å². The second kappa shape index (κ2) is 5.82. The predicted octanol–water partition coefficient (Wildman–Crippen LogP) is 2.62. The molecule has 0 unspecified atom stereocenters. The zero-order chi connectivity index (χ0) is 13.0. The molecule has 0 fully saturated rings. The third-order valence-corrected chi connectivity index (χ3v) is 3.25. The van der Waals surface area contributed by atoms with Gasteiger partial charge in [0, 0.05) is 24.7 Å². The van der Waals surface area contributed by atoms with E-state index in [-0.39, 0.29) is 11.9 Å². The number of fused-ring (bicyclic) bond motifs is 1. The zero-order valence-electron chi connectivity index (χ0n) is 10.6. The van der Waals surface area contributed by atoms with Gasteiger partial charge < -0.3 is 10.6 Å². The van der Waals surface area contributed by atoms with E-state index in [1.165, 1.54) is 0 Å². The topological polar surface area (TPSA) is 54.0 Å². The van der Waals surface area contributed by atoms with Crippen LogP contribution in [0.5, 0.6) is 0 Å². The number of hydrogen-bond donors (Lipinski definition) is 2. The van der Waals surface area contributed by atoms with Crippen LogP contribution in [0.3, 0.4) is 0 Å². The first-order valence-electron chi connectivity index (χ1n) is 6.01. The van der Waals surface area contributed by atoms with Crippen molar-refractivity contribution in [3.05, 3.63) is 23.7 Å². The number of rotatable bonds is 5. The summed E-state index contributed by atoms with van der Waals surface area (Å²) in [6.45, 7) is 4.56. The molecule has 5 heteroatoms. The van der Waals surface area contributed by atoms with Crippen LogP contribution in [0.2, 0.25) is 0 Å². The van der Waals surface area contributed by atoms with Crippen molar-refractivity contribution in [3.8, 4) is 0 Å². The van der Waals surface area contributed by atoms with E-state index >= 15 is 0 Å². The molecular formula is C13H17N3OS. The molecule has 18 heavy (non-hydrogen) atoms. The van der Waals surface area contributed by atoms with Gasteiger partial charge >= 0.3 is 0 Å². The number of hydrogen-bond acceptors (Lipinski definition) is 4. The van der Waals surface area contributed by atoms with Gasteiger partial charge in [-0.2, -0.15) is 0 Å². The van der Waals surface area contributed by atoms with Crippen molar-refractivity contribution in [2.45, 2.75) is 26.3 Å². The quantitative estimate of drug-likeness (QED) is 0.872. The molecule has 1 aromatic carbocycles. The molecule has 1 aromatic heterocycles. The normalized spacial score (nSPS) is 10.8. The number of benzene rings is 1. The molecule has 0 saturated carbocycles. The van der Waals surface area contributed by atoms with Gasteiger partial charge in [-0.05, 0) is 32.0 Å². The van der Waals surface area contributed by atoms with Crippen LogP contribution in [-0.4, -0.2) is 23.5 Å². The van der Waals surface area contributed by atoms with Crippen LogP contribution in [0.15, 0.2) is 23.7 Å². The lowest BCUT2D eigenvalue weighted by molar-refractivity contribution is -0.121. The Balaban J connectivity index is 1.84. The molecule has 0 radical (unpaired) electrons. The Bertz CT molecular complexity index is 536. The van der Waals surface area contributed by atoms with E-state index in [0.29, 0.717) is 13.0 Å². The first-order valence-corrected chi connectivity index (χ1v) is 6.89. The maximum absolute atomic E-state index is 11.5. The van der Waals surface area contributed by atoms with Crippen LogP contribution in [0.1, 0.15) is 20.3 Å². The smallest absolute Gasteiger partial charge is 0.221 e. The second-order valence-corrected chi connectivity index (χ2v) is 5.32. The number of thiazole rings is 1. The molecule has 2 N–H and O–H groups in total. The summed E-state index contributed by atoms with van der Waals surface area (Å²) in [5, 5.41) is 6.12. The fourth-order valence-electron chi connectivity index (χ4n) is 1.68. The van der Waals surface area contributed by atoms with Gasteiger partial charge in [-0.25, -0.2) is 4.98 Å². The summed E-state index contributed by atoms with van der Waals surface area (Å²) in [6.07, 6.45) is 0.485. The van der Waals surface area contributed by atoms with Gasteiger partial charge in [-0.3, -0.25) is 4.79 Å². The maximum Gasteiger partial charge on any atom is 0.221 e. The Morgan fingerprint density at radius 3 is 3.06 bits per heavy atom. The number of carbonyl (C=O) groups is 1. The van der Waals surface area contributed by atoms with E-state index in [4.69, 9.17) is 0 Å². The fourth-order valence-corrected chi connectivity index (χ4v) is 2.40. The van der Waals surface area contributed by atoms with E-state index in [2.05, 4.69) is 21.7 Å². The molecule has 0 spiro atoms. The van der Waals surface area contributed by atoms with Crippen LogP contribution < -0.4 is 10.6 Å². The number of nitrogens with zero attached hydrogens (tertiary/aromatic N) is 1. The molecule has 0 aliphatic heterocycles. The van der Waals surface area contributed by atoms with Crippen LogP contribution in [0.4, 0.5) is 5.69 Å². The highest BCUT2D eigenvalue weighted by atomic mass is 32.1. The number of amides is 1. The Kier molecular flexibility index (Phi) is 4.15. The zero-order valence-corrected chi connectivity index (χ0v) is 11.4. The van der Waals surface area contributed by atoms with Crippen molar-refractivity contribution < 1.29 is 4.79 Å². The maximum atomic E-state index is 11.5. The molecule has 2 rings (SSSR count). The summed E-state index contributed by atoms with van der Waals surface area (Å²) in [5.74, 6) is 0.0800. The lowest BCUT2D eigenvalue weighted by atomic mass is 10.3. The van der Waals surface area contributed by atoms with Crippen molar-refractivity contribution in [1.29, 1.82) is 0 Å². The highest BCUT2D eigenvalue weighted by molar-refractivity contribution is 7.16. The molecular weight excluding hydrogens is 246 g/mol. The van der Waals surface area contributed by atoms with Crippen LogP contribution in [0.25, 0.3) is 10.2 Å².